The van der Waals surface area contributed by atoms with E-state index in [9.17, 15) is 13.6 Å². The van der Waals surface area contributed by atoms with Gasteiger partial charge in [0.25, 0.3) is 5.91 Å². The van der Waals surface area contributed by atoms with Crippen molar-refractivity contribution >= 4 is 21.8 Å². The number of para-hydroxylation sites is 1. The molecule has 1 N–H and O–H groups in total. The largest absolute Gasteiger partial charge is 0.434 e. The van der Waals surface area contributed by atoms with E-state index in [-0.39, 0.29) is 22.6 Å². The molecule has 1 fully saturated rings. The lowest BCUT2D eigenvalue weighted by Gasteiger charge is -2.15. The highest BCUT2D eigenvalue weighted by Crippen LogP contribution is 2.48. The average molecular weight is 348 g/mol. The van der Waals surface area contributed by atoms with Crippen molar-refractivity contribution in [2.24, 2.45) is 5.41 Å². The summed E-state index contributed by atoms with van der Waals surface area (Å²) >= 11 is 3.40. The van der Waals surface area contributed by atoms with Crippen LogP contribution in [0.5, 0.6) is 5.75 Å². The van der Waals surface area contributed by atoms with Crippen LogP contribution in [0.15, 0.2) is 24.3 Å². The van der Waals surface area contributed by atoms with Crippen molar-refractivity contribution in [3.05, 3.63) is 29.8 Å². The highest BCUT2D eigenvalue weighted by atomic mass is 79.9. The third-order valence-corrected chi connectivity index (χ3v) is 3.95. The third kappa shape index (κ3) is 3.91. The van der Waals surface area contributed by atoms with Crippen molar-refractivity contribution in [1.29, 1.82) is 0 Å². The molecule has 1 aliphatic rings. The number of hydrogen-bond acceptors (Lipinski definition) is 2. The van der Waals surface area contributed by atoms with Crippen LogP contribution in [0.4, 0.5) is 8.78 Å². The van der Waals surface area contributed by atoms with Crippen LogP contribution < -0.4 is 10.1 Å². The molecule has 0 atom stereocenters. The minimum Gasteiger partial charge on any atom is -0.434 e. The van der Waals surface area contributed by atoms with Crippen LogP contribution in [0, 0.1) is 5.41 Å². The van der Waals surface area contributed by atoms with Crippen molar-refractivity contribution in [3.8, 4) is 5.75 Å². The Morgan fingerprint density at radius 1 is 1.40 bits per heavy atom. The van der Waals surface area contributed by atoms with E-state index in [1.54, 1.807) is 12.1 Å². The van der Waals surface area contributed by atoms with Crippen molar-refractivity contribution in [2.45, 2.75) is 25.9 Å². The summed E-state index contributed by atoms with van der Waals surface area (Å²) in [6.07, 6.45) is 3.19. The summed E-state index contributed by atoms with van der Waals surface area (Å²) in [6.45, 7) is -2.37. The first-order chi connectivity index (χ1) is 9.56. The number of ether oxygens (including phenoxy) is 1. The summed E-state index contributed by atoms with van der Waals surface area (Å²) in [5.41, 5.74) is 0.319. The molecule has 0 bridgehead atoms. The summed E-state index contributed by atoms with van der Waals surface area (Å²) in [5.74, 6) is -0.465. The average Bonchev–Trinajstić information content (AvgIpc) is 3.17. The first kappa shape index (κ1) is 15.2. The van der Waals surface area contributed by atoms with Gasteiger partial charge < -0.3 is 10.1 Å². The van der Waals surface area contributed by atoms with Crippen molar-refractivity contribution < 1.29 is 18.3 Å². The van der Waals surface area contributed by atoms with Crippen LogP contribution >= 0.6 is 15.9 Å². The van der Waals surface area contributed by atoms with Gasteiger partial charge in [-0.05, 0) is 36.8 Å². The number of alkyl halides is 3. The zero-order valence-corrected chi connectivity index (χ0v) is 12.5. The topological polar surface area (TPSA) is 38.3 Å². The summed E-state index contributed by atoms with van der Waals surface area (Å²) in [7, 11) is 0. The Bertz CT molecular complexity index is 478. The number of benzene rings is 1. The molecule has 0 radical (unpaired) electrons. The van der Waals surface area contributed by atoms with E-state index >= 15 is 0 Å². The Morgan fingerprint density at radius 2 is 2.10 bits per heavy atom. The van der Waals surface area contributed by atoms with Gasteiger partial charge >= 0.3 is 6.61 Å². The zero-order chi connectivity index (χ0) is 14.6. The van der Waals surface area contributed by atoms with Gasteiger partial charge in [0.1, 0.15) is 5.75 Å². The maximum Gasteiger partial charge on any atom is 0.387 e. The number of nitrogens with one attached hydrogen (secondary N) is 1. The van der Waals surface area contributed by atoms with E-state index in [0.29, 0.717) is 6.54 Å². The van der Waals surface area contributed by atoms with Crippen LogP contribution in [0.2, 0.25) is 0 Å². The summed E-state index contributed by atoms with van der Waals surface area (Å²) in [5, 5.41) is 3.71. The number of hydrogen-bond donors (Lipinski definition) is 1. The van der Waals surface area contributed by atoms with Gasteiger partial charge in [-0.1, -0.05) is 28.1 Å². The second kappa shape index (κ2) is 6.52. The molecule has 0 heterocycles. The molecule has 0 aromatic heterocycles. The molecule has 1 aliphatic carbocycles. The highest BCUT2D eigenvalue weighted by molar-refractivity contribution is 9.09. The molecule has 3 nitrogen and oxygen atoms in total. The molecule has 20 heavy (non-hydrogen) atoms. The van der Waals surface area contributed by atoms with Crippen molar-refractivity contribution in [1.82, 2.24) is 5.32 Å². The van der Waals surface area contributed by atoms with E-state index in [0.717, 1.165) is 24.6 Å². The lowest BCUT2D eigenvalue weighted by molar-refractivity contribution is -0.0501. The van der Waals surface area contributed by atoms with E-state index in [2.05, 4.69) is 26.0 Å². The Labute approximate surface area is 124 Å². The van der Waals surface area contributed by atoms with Crippen molar-refractivity contribution in [3.63, 3.8) is 0 Å². The number of halogens is 3. The van der Waals surface area contributed by atoms with Gasteiger partial charge in [-0.15, -0.1) is 0 Å². The Balaban J connectivity index is 1.98. The van der Waals surface area contributed by atoms with Crippen LogP contribution in [-0.4, -0.2) is 24.4 Å². The fourth-order valence-electron chi connectivity index (χ4n) is 2.11. The minimum atomic E-state index is -2.94. The molecule has 1 aromatic rings. The molecule has 110 valence electrons. The van der Waals surface area contributed by atoms with Crippen LogP contribution in [0.25, 0.3) is 0 Å². The van der Waals surface area contributed by atoms with E-state index in [4.69, 9.17) is 0 Å². The molecular weight excluding hydrogens is 332 g/mol. The fourth-order valence-corrected chi connectivity index (χ4v) is 2.95. The normalized spacial score (nSPS) is 16.0. The van der Waals surface area contributed by atoms with Gasteiger partial charge in [0.2, 0.25) is 0 Å². The predicted molar refractivity (Wildman–Crippen MR) is 75.5 cm³/mol. The SMILES string of the molecule is O=C(NCC1(CCBr)CC1)c1ccccc1OC(F)F. The van der Waals surface area contributed by atoms with E-state index in [1.807, 2.05) is 0 Å². The van der Waals surface area contributed by atoms with Gasteiger partial charge in [0, 0.05) is 11.9 Å². The van der Waals surface area contributed by atoms with Gasteiger partial charge in [0.05, 0.1) is 5.56 Å². The Kier molecular flexibility index (Phi) is 4.96. The van der Waals surface area contributed by atoms with Gasteiger partial charge in [-0.3, -0.25) is 4.79 Å². The van der Waals surface area contributed by atoms with E-state index < -0.39 is 6.61 Å². The van der Waals surface area contributed by atoms with Crippen LogP contribution in [0.1, 0.15) is 29.6 Å². The third-order valence-electron chi connectivity index (χ3n) is 3.55. The van der Waals surface area contributed by atoms with Gasteiger partial charge in [-0.25, -0.2) is 0 Å². The molecule has 6 heteroatoms. The molecule has 0 unspecified atom stereocenters. The molecule has 1 aromatic carbocycles. The lowest BCUT2D eigenvalue weighted by Crippen LogP contribution is -2.30. The van der Waals surface area contributed by atoms with Crippen molar-refractivity contribution in [2.75, 3.05) is 11.9 Å². The maximum absolute atomic E-state index is 12.3. The molecule has 0 aliphatic heterocycles. The summed E-state index contributed by atoms with van der Waals surface area (Å²) in [4.78, 5) is 12.1. The van der Waals surface area contributed by atoms with Gasteiger partial charge in [0.15, 0.2) is 0 Å². The lowest BCUT2D eigenvalue weighted by atomic mass is 10.0. The molecular formula is C14H16BrF2NO2. The molecule has 2 rings (SSSR count). The van der Waals surface area contributed by atoms with E-state index in [1.165, 1.54) is 12.1 Å². The van der Waals surface area contributed by atoms with Crippen LogP contribution in [-0.2, 0) is 0 Å². The first-order valence-electron chi connectivity index (χ1n) is 6.44. The Hall–Kier alpha value is -1.17. The molecule has 1 saturated carbocycles. The predicted octanol–water partition coefficient (Wildman–Crippen LogP) is 3.58. The number of carbonyl (C=O) groups excluding carboxylic acids is 1. The quantitative estimate of drug-likeness (QED) is 0.765. The zero-order valence-electron chi connectivity index (χ0n) is 10.9. The monoisotopic (exact) mass is 347 g/mol. The first-order valence-corrected chi connectivity index (χ1v) is 7.56. The second-order valence-electron chi connectivity index (χ2n) is 5.00. The minimum absolute atomic E-state index is 0.0923. The summed E-state index contributed by atoms with van der Waals surface area (Å²) in [6, 6.07) is 6.03. The Morgan fingerprint density at radius 3 is 2.70 bits per heavy atom. The smallest absolute Gasteiger partial charge is 0.387 e. The number of amides is 1. The molecule has 0 saturated heterocycles. The standard InChI is InChI=1S/C14H16BrF2NO2/c15-8-7-14(5-6-14)9-18-12(19)10-3-1-2-4-11(10)20-13(16)17/h1-4,13H,5-9H2,(H,18,19). The summed E-state index contributed by atoms with van der Waals surface area (Å²) < 4.78 is 28.9. The fraction of sp³-hybridized carbons (Fsp3) is 0.500. The maximum atomic E-state index is 12.3. The highest BCUT2D eigenvalue weighted by Gasteiger charge is 2.41. The number of rotatable bonds is 7. The van der Waals surface area contributed by atoms with Gasteiger partial charge in [-0.2, -0.15) is 8.78 Å². The molecule has 0 spiro atoms. The van der Waals surface area contributed by atoms with Crippen LogP contribution in [0.3, 0.4) is 0 Å². The molecule has 1 amide bonds. The number of carbonyl (C=O) groups is 1. The second-order valence-corrected chi connectivity index (χ2v) is 5.79.